The molecule has 0 aliphatic rings. The van der Waals surface area contributed by atoms with Gasteiger partial charge in [-0.1, -0.05) is 36.9 Å². The second-order valence-electron chi connectivity index (χ2n) is 4.26. The SMILES string of the molecule is C=c1c(C)c2ccc(C)cc2c(C)c1=C. The van der Waals surface area contributed by atoms with Crippen molar-refractivity contribution in [1.29, 1.82) is 0 Å². The fourth-order valence-corrected chi connectivity index (χ4v) is 2.07. The Bertz CT molecular complexity index is 633. The summed E-state index contributed by atoms with van der Waals surface area (Å²) in [6.45, 7) is 14.6. The monoisotopic (exact) mass is 196 g/mol. The molecule has 76 valence electrons. The van der Waals surface area contributed by atoms with E-state index >= 15 is 0 Å². The van der Waals surface area contributed by atoms with Crippen LogP contribution in [0.25, 0.3) is 23.9 Å². The first kappa shape index (κ1) is 9.97. The van der Waals surface area contributed by atoms with Gasteiger partial charge in [0.2, 0.25) is 0 Å². The minimum Gasteiger partial charge on any atom is -0.0909 e. The van der Waals surface area contributed by atoms with Crippen molar-refractivity contribution >= 4 is 23.9 Å². The molecule has 0 atom stereocenters. The van der Waals surface area contributed by atoms with Crippen molar-refractivity contribution in [2.75, 3.05) is 0 Å². The van der Waals surface area contributed by atoms with Gasteiger partial charge in [0.15, 0.2) is 0 Å². The van der Waals surface area contributed by atoms with Crippen LogP contribution in [-0.4, -0.2) is 0 Å². The van der Waals surface area contributed by atoms with Gasteiger partial charge in [-0.15, -0.1) is 0 Å². The molecule has 0 radical (unpaired) electrons. The zero-order chi connectivity index (χ0) is 11.2. The summed E-state index contributed by atoms with van der Waals surface area (Å²) < 4.78 is 0. The van der Waals surface area contributed by atoms with E-state index in [1.807, 2.05) is 0 Å². The molecular formula is C15H16. The van der Waals surface area contributed by atoms with Gasteiger partial charge < -0.3 is 0 Å². The average Bonchev–Trinajstić information content (AvgIpc) is 2.23. The van der Waals surface area contributed by atoms with Crippen molar-refractivity contribution in [3.8, 4) is 0 Å². The summed E-state index contributed by atoms with van der Waals surface area (Å²) in [6.07, 6.45) is 0. The summed E-state index contributed by atoms with van der Waals surface area (Å²) in [4.78, 5) is 0. The number of aryl methyl sites for hydroxylation is 3. The molecule has 0 aromatic heterocycles. The molecule has 15 heavy (non-hydrogen) atoms. The minimum atomic E-state index is 1.07. The Morgan fingerprint density at radius 3 is 1.93 bits per heavy atom. The summed E-state index contributed by atoms with van der Waals surface area (Å²) in [7, 11) is 0. The van der Waals surface area contributed by atoms with Crippen LogP contribution in [0.1, 0.15) is 16.7 Å². The number of fused-ring (bicyclic) bond motifs is 1. The summed E-state index contributed by atoms with van der Waals surface area (Å²) in [6, 6.07) is 6.56. The van der Waals surface area contributed by atoms with Crippen LogP contribution >= 0.6 is 0 Å². The van der Waals surface area contributed by atoms with Gasteiger partial charge in [0, 0.05) is 0 Å². The lowest BCUT2D eigenvalue weighted by Crippen LogP contribution is -2.27. The number of benzene rings is 2. The first-order valence-corrected chi connectivity index (χ1v) is 5.20. The van der Waals surface area contributed by atoms with Gasteiger partial charge in [0.05, 0.1) is 0 Å². The molecule has 0 saturated carbocycles. The molecule has 0 aliphatic carbocycles. The van der Waals surface area contributed by atoms with Gasteiger partial charge >= 0.3 is 0 Å². The molecule has 0 heteroatoms. The summed E-state index contributed by atoms with van der Waals surface area (Å²) in [5, 5.41) is 4.76. The third-order valence-corrected chi connectivity index (χ3v) is 3.25. The Labute approximate surface area is 90.6 Å². The Kier molecular flexibility index (Phi) is 2.15. The fraction of sp³-hybridized carbons (Fsp3) is 0.200. The lowest BCUT2D eigenvalue weighted by Gasteiger charge is -2.08. The third-order valence-electron chi connectivity index (χ3n) is 3.25. The van der Waals surface area contributed by atoms with E-state index in [0.717, 1.165) is 10.4 Å². The maximum atomic E-state index is 4.10. The summed E-state index contributed by atoms with van der Waals surface area (Å²) in [5.74, 6) is 0. The molecule has 2 aromatic carbocycles. The molecule has 0 unspecified atom stereocenters. The van der Waals surface area contributed by atoms with Crippen molar-refractivity contribution in [1.82, 2.24) is 0 Å². The van der Waals surface area contributed by atoms with Gasteiger partial charge in [-0.25, -0.2) is 0 Å². The highest BCUT2D eigenvalue weighted by molar-refractivity contribution is 5.89. The maximum Gasteiger partial charge on any atom is -0.0143 e. The Balaban J connectivity index is 3.15. The Morgan fingerprint density at radius 2 is 1.33 bits per heavy atom. The van der Waals surface area contributed by atoms with Crippen molar-refractivity contribution in [3.05, 3.63) is 45.3 Å². The van der Waals surface area contributed by atoms with Crippen LogP contribution in [0.4, 0.5) is 0 Å². The van der Waals surface area contributed by atoms with Crippen molar-refractivity contribution in [2.45, 2.75) is 20.8 Å². The zero-order valence-corrected chi connectivity index (χ0v) is 9.65. The first-order chi connectivity index (χ1) is 7.02. The zero-order valence-electron chi connectivity index (χ0n) is 9.65. The lowest BCUT2D eigenvalue weighted by molar-refractivity contribution is 1.35. The predicted octanol–water partition coefficient (Wildman–Crippen LogP) is 2.59. The molecule has 2 rings (SSSR count). The number of rotatable bonds is 0. The minimum absolute atomic E-state index is 1.07. The van der Waals surface area contributed by atoms with E-state index in [9.17, 15) is 0 Å². The van der Waals surface area contributed by atoms with Gasteiger partial charge in [-0.05, 0) is 53.1 Å². The van der Waals surface area contributed by atoms with E-state index in [4.69, 9.17) is 0 Å². The van der Waals surface area contributed by atoms with Crippen LogP contribution in [-0.2, 0) is 0 Å². The summed E-state index contributed by atoms with van der Waals surface area (Å²) in [5.41, 5.74) is 3.80. The molecule has 0 heterocycles. The highest BCUT2D eigenvalue weighted by Crippen LogP contribution is 2.18. The summed E-state index contributed by atoms with van der Waals surface area (Å²) >= 11 is 0. The van der Waals surface area contributed by atoms with Crippen molar-refractivity contribution in [3.63, 3.8) is 0 Å². The second-order valence-corrected chi connectivity index (χ2v) is 4.26. The van der Waals surface area contributed by atoms with E-state index in [2.05, 4.69) is 52.1 Å². The Hall–Kier alpha value is -1.56. The smallest absolute Gasteiger partial charge is 0.0143 e. The maximum absolute atomic E-state index is 4.10. The van der Waals surface area contributed by atoms with Crippen LogP contribution in [0.2, 0.25) is 0 Å². The van der Waals surface area contributed by atoms with E-state index in [1.165, 1.54) is 27.5 Å². The van der Waals surface area contributed by atoms with Gasteiger partial charge in [0.25, 0.3) is 0 Å². The molecule has 0 saturated heterocycles. The van der Waals surface area contributed by atoms with Crippen LogP contribution in [0.5, 0.6) is 0 Å². The second kappa shape index (κ2) is 3.23. The predicted molar refractivity (Wildman–Crippen MR) is 68.5 cm³/mol. The number of hydrogen-bond acceptors (Lipinski definition) is 0. The fourth-order valence-electron chi connectivity index (χ4n) is 2.07. The van der Waals surface area contributed by atoms with E-state index in [-0.39, 0.29) is 0 Å². The van der Waals surface area contributed by atoms with Crippen LogP contribution < -0.4 is 10.4 Å². The van der Waals surface area contributed by atoms with Gasteiger partial charge in [-0.2, -0.15) is 0 Å². The third kappa shape index (κ3) is 1.37. The molecule has 0 nitrogen and oxygen atoms in total. The molecule has 0 spiro atoms. The van der Waals surface area contributed by atoms with Gasteiger partial charge in [-0.3, -0.25) is 0 Å². The molecule has 2 aromatic rings. The highest BCUT2D eigenvalue weighted by Gasteiger charge is 2.03. The van der Waals surface area contributed by atoms with Crippen LogP contribution in [0, 0.1) is 20.8 Å². The van der Waals surface area contributed by atoms with Crippen molar-refractivity contribution < 1.29 is 0 Å². The molecule has 0 aliphatic heterocycles. The largest absolute Gasteiger partial charge is 0.0909 e. The topological polar surface area (TPSA) is 0 Å². The molecule has 0 fully saturated rings. The quantitative estimate of drug-likeness (QED) is 0.607. The molecular weight excluding hydrogens is 180 g/mol. The van der Waals surface area contributed by atoms with E-state index in [1.54, 1.807) is 0 Å². The molecule has 0 bridgehead atoms. The van der Waals surface area contributed by atoms with Crippen LogP contribution in [0.3, 0.4) is 0 Å². The molecule has 0 amide bonds. The van der Waals surface area contributed by atoms with Gasteiger partial charge in [0.1, 0.15) is 0 Å². The normalized spacial score (nSPS) is 10.9. The molecule has 0 N–H and O–H groups in total. The first-order valence-electron chi connectivity index (χ1n) is 5.20. The Morgan fingerprint density at radius 1 is 0.800 bits per heavy atom. The average molecular weight is 196 g/mol. The lowest BCUT2D eigenvalue weighted by atomic mass is 9.96. The highest BCUT2D eigenvalue weighted by atomic mass is 14.1. The van der Waals surface area contributed by atoms with E-state index < -0.39 is 0 Å². The number of hydrogen-bond donors (Lipinski definition) is 0. The van der Waals surface area contributed by atoms with Crippen LogP contribution in [0.15, 0.2) is 18.2 Å². The van der Waals surface area contributed by atoms with Crippen molar-refractivity contribution in [2.24, 2.45) is 0 Å². The standard InChI is InChI=1S/C15H16/c1-9-6-7-14-12(4)10(2)11(3)13(5)15(14)8-9/h6-8H,2-3H2,1,4-5H3. The van der Waals surface area contributed by atoms with E-state index in [0.29, 0.717) is 0 Å².